The van der Waals surface area contributed by atoms with Crippen LogP contribution in [0.25, 0.3) is 21.1 Å². The molecule has 0 aliphatic carbocycles. The molecule has 24 heavy (non-hydrogen) atoms. The number of amides is 1. The number of fused-ring (bicyclic) bond motifs is 2. The van der Waals surface area contributed by atoms with Crippen LogP contribution in [0.2, 0.25) is 0 Å². The fraction of sp³-hybridized carbons (Fsp3) is 0.368. The average Bonchev–Trinajstić information content (AvgIpc) is 2.95. The number of aryl methyl sites for hydroxylation is 1. The Labute approximate surface area is 145 Å². The van der Waals surface area contributed by atoms with Crippen molar-refractivity contribution in [2.24, 2.45) is 0 Å². The van der Waals surface area contributed by atoms with Crippen LogP contribution in [-0.4, -0.2) is 28.9 Å². The second-order valence-corrected chi connectivity index (χ2v) is 7.42. The molecule has 4 rings (SSSR count). The first-order valence-electron chi connectivity index (χ1n) is 8.58. The van der Waals surface area contributed by atoms with Gasteiger partial charge in [0.25, 0.3) is 5.91 Å². The summed E-state index contributed by atoms with van der Waals surface area (Å²) >= 11 is 1.42. The number of anilines is 1. The van der Waals surface area contributed by atoms with Crippen molar-refractivity contribution >= 4 is 44.1 Å². The van der Waals surface area contributed by atoms with Gasteiger partial charge in [-0.25, -0.2) is 4.98 Å². The summed E-state index contributed by atoms with van der Waals surface area (Å²) in [6.45, 7) is 3.81. The Morgan fingerprint density at radius 1 is 1.25 bits per heavy atom. The van der Waals surface area contributed by atoms with Crippen LogP contribution in [0.4, 0.5) is 5.69 Å². The van der Waals surface area contributed by atoms with Crippen LogP contribution in [0, 0.1) is 0 Å². The summed E-state index contributed by atoms with van der Waals surface area (Å²) in [5.74, 6) is 0.0634. The topological polar surface area (TPSA) is 59.2 Å². The number of carbonyl (C=O) groups excluding carboxylic acids is 1. The maximum absolute atomic E-state index is 12.8. The lowest BCUT2D eigenvalue weighted by Gasteiger charge is -2.26. The third kappa shape index (κ3) is 2.53. The number of aromatic nitrogens is 1. The first kappa shape index (κ1) is 15.4. The Hall–Kier alpha value is -2.14. The van der Waals surface area contributed by atoms with E-state index in [0.29, 0.717) is 10.6 Å². The number of nitrogens with two attached hydrogens (primary N) is 1. The van der Waals surface area contributed by atoms with E-state index in [-0.39, 0.29) is 5.91 Å². The fourth-order valence-electron chi connectivity index (χ4n) is 3.37. The number of carbonyl (C=O) groups is 1. The molecule has 124 valence electrons. The number of piperidine rings is 1. The summed E-state index contributed by atoms with van der Waals surface area (Å²) in [6, 6.07) is 8.40. The van der Waals surface area contributed by atoms with Crippen LogP contribution in [-0.2, 0) is 6.42 Å². The minimum absolute atomic E-state index is 0.0634. The van der Waals surface area contributed by atoms with Crippen molar-refractivity contribution in [1.29, 1.82) is 0 Å². The summed E-state index contributed by atoms with van der Waals surface area (Å²) in [4.78, 5) is 21.0. The molecule has 1 aliphatic rings. The molecule has 0 spiro atoms. The summed E-state index contributed by atoms with van der Waals surface area (Å²) < 4.78 is 0. The number of hydrogen-bond donors (Lipinski definition) is 1. The first-order valence-corrected chi connectivity index (χ1v) is 9.40. The van der Waals surface area contributed by atoms with Crippen LogP contribution in [0.3, 0.4) is 0 Å². The molecular formula is C19H21N3OS. The third-order valence-corrected chi connectivity index (χ3v) is 5.93. The lowest BCUT2D eigenvalue weighted by atomic mass is 10.1. The van der Waals surface area contributed by atoms with Gasteiger partial charge in [0.2, 0.25) is 0 Å². The van der Waals surface area contributed by atoms with Crippen molar-refractivity contribution in [3.8, 4) is 0 Å². The molecule has 0 bridgehead atoms. The molecule has 1 amide bonds. The van der Waals surface area contributed by atoms with E-state index >= 15 is 0 Å². The van der Waals surface area contributed by atoms with Gasteiger partial charge >= 0.3 is 0 Å². The number of pyridine rings is 1. The number of rotatable bonds is 2. The highest BCUT2D eigenvalue weighted by atomic mass is 32.1. The van der Waals surface area contributed by atoms with E-state index in [1.165, 1.54) is 23.3 Å². The van der Waals surface area contributed by atoms with E-state index < -0.39 is 0 Å². The minimum atomic E-state index is 0.0634. The van der Waals surface area contributed by atoms with Crippen LogP contribution in [0.5, 0.6) is 0 Å². The molecule has 2 N–H and O–H groups in total. The summed E-state index contributed by atoms with van der Waals surface area (Å²) in [5.41, 5.74) is 9.15. The molecule has 0 saturated carbocycles. The number of hydrogen-bond acceptors (Lipinski definition) is 4. The summed E-state index contributed by atoms with van der Waals surface area (Å²) in [6.07, 6.45) is 4.36. The number of nitrogens with zero attached hydrogens (tertiary/aromatic N) is 2. The lowest BCUT2D eigenvalue weighted by molar-refractivity contribution is 0.0730. The summed E-state index contributed by atoms with van der Waals surface area (Å²) in [7, 11) is 0. The van der Waals surface area contributed by atoms with Crippen molar-refractivity contribution in [2.75, 3.05) is 18.8 Å². The van der Waals surface area contributed by atoms with Gasteiger partial charge in [-0.15, -0.1) is 11.3 Å². The average molecular weight is 339 g/mol. The van der Waals surface area contributed by atoms with Gasteiger partial charge in [-0.2, -0.15) is 0 Å². The number of likely N-dealkylation sites (tertiary alicyclic amines) is 1. The van der Waals surface area contributed by atoms with Gasteiger partial charge in [-0.1, -0.05) is 13.0 Å². The van der Waals surface area contributed by atoms with Gasteiger partial charge < -0.3 is 10.6 Å². The van der Waals surface area contributed by atoms with Crippen molar-refractivity contribution < 1.29 is 4.79 Å². The van der Waals surface area contributed by atoms with Gasteiger partial charge in [0.05, 0.1) is 11.2 Å². The van der Waals surface area contributed by atoms with Crippen LogP contribution >= 0.6 is 11.3 Å². The van der Waals surface area contributed by atoms with E-state index in [1.807, 2.05) is 4.90 Å². The van der Waals surface area contributed by atoms with Gasteiger partial charge in [0, 0.05) is 23.9 Å². The number of thiophene rings is 1. The molecule has 3 heterocycles. The van der Waals surface area contributed by atoms with Crippen molar-refractivity contribution in [1.82, 2.24) is 9.88 Å². The Kier molecular flexibility index (Phi) is 3.88. The molecule has 0 unspecified atom stereocenters. The van der Waals surface area contributed by atoms with Crippen molar-refractivity contribution in [3.05, 3.63) is 34.7 Å². The van der Waals surface area contributed by atoms with Crippen molar-refractivity contribution in [2.45, 2.75) is 32.6 Å². The maximum Gasteiger partial charge on any atom is 0.266 e. The van der Waals surface area contributed by atoms with Crippen LogP contribution < -0.4 is 5.73 Å². The molecule has 0 atom stereocenters. The molecule has 1 fully saturated rings. The Morgan fingerprint density at radius 2 is 2.04 bits per heavy atom. The zero-order valence-corrected chi connectivity index (χ0v) is 14.7. The van der Waals surface area contributed by atoms with Gasteiger partial charge in [0.15, 0.2) is 0 Å². The molecule has 3 aromatic rings. The van der Waals surface area contributed by atoms with Gasteiger partial charge in [-0.3, -0.25) is 4.79 Å². The van der Waals surface area contributed by atoms with Gasteiger partial charge in [0.1, 0.15) is 9.71 Å². The normalized spacial score (nSPS) is 15.3. The van der Waals surface area contributed by atoms with E-state index in [0.717, 1.165) is 53.5 Å². The lowest BCUT2D eigenvalue weighted by Crippen LogP contribution is -2.35. The fourth-order valence-corrected chi connectivity index (χ4v) is 4.42. The largest absolute Gasteiger partial charge is 0.397 e. The standard InChI is InChI=1S/C19H21N3OS/c1-2-12-6-7-15-13(10-12)11-14-16(20)17(24-18(14)21-15)19(23)22-8-4-3-5-9-22/h6-7,10-11H,2-5,8-9,20H2,1H3. The molecule has 1 saturated heterocycles. The van der Waals surface area contributed by atoms with E-state index in [2.05, 4.69) is 31.2 Å². The molecule has 5 heteroatoms. The molecule has 0 radical (unpaired) electrons. The molecule has 2 aromatic heterocycles. The highest BCUT2D eigenvalue weighted by Gasteiger charge is 2.24. The number of nitrogen functional groups attached to an aromatic ring is 1. The molecule has 1 aromatic carbocycles. The predicted octanol–water partition coefficient (Wildman–Crippen LogP) is 4.22. The first-order chi connectivity index (χ1) is 11.7. The number of benzene rings is 1. The predicted molar refractivity (Wildman–Crippen MR) is 101 cm³/mol. The molecule has 1 aliphatic heterocycles. The van der Waals surface area contributed by atoms with Crippen LogP contribution in [0.1, 0.15) is 41.4 Å². The Morgan fingerprint density at radius 3 is 2.79 bits per heavy atom. The van der Waals surface area contributed by atoms with Crippen molar-refractivity contribution in [3.63, 3.8) is 0 Å². The third-order valence-electron chi connectivity index (χ3n) is 4.82. The highest BCUT2D eigenvalue weighted by Crippen LogP contribution is 2.35. The maximum atomic E-state index is 12.8. The quantitative estimate of drug-likeness (QED) is 0.760. The monoisotopic (exact) mass is 339 g/mol. The second kappa shape index (κ2) is 6.06. The molecular weight excluding hydrogens is 318 g/mol. The smallest absolute Gasteiger partial charge is 0.266 e. The zero-order chi connectivity index (χ0) is 16.7. The SMILES string of the molecule is CCc1ccc2nc3sc(C(=O)N4CCCCC4)c(N)c3cc2c1. The highest BCUT2D eigenvalue weighted by molar-refractivity contribution is 7.21. The minimum Gasteiger partial charge on any atom is -0.397 e. The van der Waals surface area contributed by atoms with E-state index in [9.17, 15) is 4.79 Å². The van der Waals surface area contributed by atoms with Gasteiger partial charge in [-0.05, 0) is 49.4 Å². The van der Waals surface area contributed by atoms with Crippen LogP contribution in [0.15, 0.2) is 24.3 Å². The Bertz CT molecular complexity index is 925. The summed E-state index contributed by atoms with van der Waals surface area (Å²) in [5, 5.41) is 1.99. The second-order valence-electron chi connectivity index (χ2n) is 6.42. The Balaban J connectivity index is 1.81. The van der Waals surface area contributed by atoms with E-state index in [1.54, 1.807) is 0 Å². The molecule has 4 nitrogen and oxygen atoms in total. The zero-order valence-electron chi connectivity index (χ0n) is 13.8. The van der Waals surface area contributed by atoms with E-state index in [4.69, 9.17) is 10.7 Å².